The van der Waals surface area contributed by atoms with E-state index in [0.29, 0.717) is 15.7 Å². The van der Waals surface area contributed by atoms with E-state index in [-0.39, 0.29) is 18.0 Å². The smallest absolute Gasteiger partial charge is 0.319 e. The fraction of sp³-hybridized carbons (Fsp3) is 0.385. The SMILES string of the molecule is NC(=S)C1CCCC1NC(=O)Nc1ccccc1Cl. The quantitative estimate of drug-likeness (QED) is 0.752. The lowest BCUT2D eigenvalue weighted by atomic mass is 10.0. The zero-order valence-electron chi connectivity index (χ0n) is 10.4. The highest BCUT2D eigenvalue weighted by Gasteiger charge is 2.30. The highest BCUT2D eigenvalue weighted by Crippen LogP contribution is 2.26. The highest BCUT2D eigenvalue weighted by atomic mass is 35.5. The Kier molecular flexibility index (Phi) is 4.61. The molecule has 1 aromatic rings. The minimum atomic E-state index is -0.277. The van der Waals surface area contributed by atoms with Crippen LogP contribution in [-0.4, -0.2) is 17.1 Å². The molecule has 0 spiro atoms. The molecule has 2 unspecified atom stereocenters. The molecule has 19 heavy (non-hydrogen) atoms. The van der Waals surface area contributed by atoms with Crippen LogP contribution >= 0.6 is 23.8 Å². The van der Waals surface area contributed by atoms with Crippen molar-refractivity contribution in [2.45, 2.75) is 25.3 Å². The Morgan fingerprint density at radius 3 is 2.79 bits per heavy atom. The number of thiocarbonyl (C=S) groups is 1. The fourth-order valence-corrected chi connectivity index (χ4v) is 2.83. The molecule has 1 fully saturated rings. The number of benzene rings is 1. The standard InChI is InChI=1S/C13H16ClN3OS/c14-9-5-1-2-6-11(9)17-13(18)16-10-7-3-4-8(10)12(15)19/h1-2,5-6,8,10H,3-4,7H2,(H2,15,19)(H2,16,17,18). The zero-order valence-corrected chi connectivity index (χ0v) is 11.9. The minimum Gasteiger partial charge on any atom is -0.393 e. The van der Waals surface area contributed by atoms with Gasteiger partial charge in [-0.3, -0.25) is 0 Å². The number of amides is 2. The second kappa shape index (κ2) is 6.21. The lowest BCUT2D eigenvalue weighted by Gasteiger charge is -2.20. The Morgan fingerprint density at radius 2 is 2.11 bits per heavy atom. The molecule has 6 heteroatoms. The average molecular weight is 298 g/mol. The van der Waals surface area contributed by atoms with Crippen LogP contribution in [0.4, 0.5) is 10.5 Å². The van der Waals surface area contributed by atoms with Crippen molar-refractivity contribution < 1.29 is 4.79 Å². The predicted molar refractivity (Wildman–Crippen MR) is 81.5 cm³/mol. The van der Waals surface area contributed by atoms with Crippen LogP contribution in [0.25, 0.3) is 0 Å². The molecule has 4 N–H and O–H groups in total. The van der Waals surface area contributed by atoms with Crippen LogP contribution in [0.5, 0.6) is 0 Å². The molecule has 2 amide bonds. The monoisotopic (exact) mass is 297 g/mol. The maximum atomic E-state index is 11.9. The number of para-hydroxylation sites is 1. The molecular weight excluding hydrogens is 282 g/mol. The number of nitrogens with two attached hydrogens (primary N) is 1. The van der Waals surface area contributed by atoms with Gasteiger partial charge in [0.1, 0.15) is 0 Å². The Hall–Kier alpha value is -1.33. The van der Waals surface area contributed by atoms with Gasteiger partial charge in [-0.1, -0.05) is 42.4 Å². The first-order chi connectivity index (χ1) is 9.08. The van der Waals surface area contributed by atoms with Crippen molar-refractivity contribution in [1.82, 2.24) is 5.32 Å². The van der Waals surface area contributed by atoms with Crippen LogP contribution in [0.3, 0.4) is 0 Å². The average Bonchev–Trinajstić information content (AvgIpc) is 2.80. The largest absolute Gasteiger partial charge is 0.393 e. The lowest BCUT2D eigenvalue weighted by molar-refractivity contribution is 0.247. The van der Waals surface area contributed by atoms with Crippen molar-refractivity contribution in [2.24, 2.45) is 11.7 Å². The number of anilines is 1. The third-order valence-electron chi connectivity index (χ3n) is 3.32. The summed E-state index contributed by atoms with van der Waals surface area (Å²) in [5, 5.41) is 6.15. The number of hydrogen-bond donors (Lipinski definition) is 3. The highest BCUT2D eigenvalue weighted by molar-refractivity contribution is 7.80. The Morgan fingerprint density at radius 1 is 1.37 bits per heavy atom. The molecule has 1 aliphatic carbocycles. The van der Waals surface area contributed by atoms with E-state index in [9.17, 15) is 4.79 Å². The zero-order chi connectivity index (χ0) is 13.8. The third kappa shape index (κ3) is 3.58. The summed E-state index contributed by atoms with van der Waals surface area (Å²) in [6.07, 6.45) is 2.86. The van der Waals surface area contributed by atoms with Crippen molar-refractivity contribution in [3.8, 4) is 0 Å². The van der Waals surface area contributed by atoms with Crippen LogP contribution in [0.1, 0.15) is 19.3 Å². The Balaban J connectivity index is 1.95. The van der Waals surface area contributed by atoms with Crippen molar-refractivity contribution in [2.75, 3.05) is 5.32 Å². The van der Waals surface area contributed by atoms with E-state index in [1.165, 1.54) is 0 Å². The first kappa shape index (κ1) is 14.1. The van der Waals surface area contributed by atoms with Gasteiger partial charge in [0.15, 0.2) is 0 Å². The van der Waals surface area contributed by atoms with Gasteiger partial charge in [0, 0.05) is 12.0 Å². The molecule has 1 aromatic carbocycles. The summed E-state index contributed by atoms with van der Waals surface area (Å²) in [6, 6.07) is 6.84. The number of halogens is 1. The maximum absolute atomic E-state index is 11.9. The molecule has 0 bridgehead atoms. The van der Waals surface area contributed by atoms with Crippen molar-refractivity contribution in [1.29, 1.82) is 0 Å². The second-order valence-corrected chi connectivity index (χ2v) is 5.50. The molecule has 102 valence electrons. The summed E-state index contributed by atoms with van der Waals surface area (Å²) in [5.74, 6) is 0.0898. The van der Waals surface area contributed by atoms with Gasteiger partial charge in [-0.25, -0.2) is 4.79 Å². The van der Waals surface area contributed by atoms with Crippen LogP contribution < -0.4 is 16.4 Å². The van der Waals surface area contributed by atoms with Crippen molar-refractivity contribution in [3.63, 3.8) is 0 Å². The molecule has 0 saturated heterocycles. The number of carbonyl (C=O) groups excluding carboxylic acids is 1. The molecular formula is C13H16ClN3OS. The number of rotatable bonds is 3. The molecule has 0 aromatic heterocycles. The molecule has 0 heterocycles. The second-order valence-electron chi connectivity index (χ2n) is 4.62. The molecule has 4 nitrogen and oxygen atoms in total. The molecule has 2 atom stereocenters. The first-order valence-corrected chi connectivity index (χ1v) is 6.98. The Bertz CT molecular complexity index is 495. The topological polar surface area (TPSA) is 67.1 Å². The lowest BCUT2D eigenvalue weighted by Crippen LogP contribution is -2.43. The van der Waals surface area contributed by atoms with E-state index in [4.69, 9.17) is 29.6 Å². The molecule has 1 saturated carbocycles. The fourth-order valence-electron chi connectivity index (χ4n) is 2.36. The van der Waals surface area contributed by atoms with E-state index >= 15 is 0 Å². The molecule has 2 rings (SSSR count). The van der Waals surface area contributed by atoms with Crippen LogP contribution in [0.2, 0.25) is 5.02 Å². The van der Waals surface area contributed by atoms with E-state index in [0.717, 1.165) is 19.3 Å². The van der Waals surface area contributed by atoms with Gasteiger partial charge in [-0.05, 0) is 25.0 Å². The third-order valence-corrected chi connectivity index (χ3v) is 3.95. The maximum Gasteiger partial charge on any atom is 0.319 e. The summed E-state index contributed by atoms with van der Waals surface area (Å²) in [6.45, 7) is 0. The summed E-state index contributed by atoms with van der Waals surface area (Å²) < 4.78 is 0. The number of hydrogen-bond acceptors (Lipinski definition) is 2. The Labute approximate surface area is 122 Å². The summed E-state index contributed by atoms with van der Waals surface area (Å²) in [5.41, 5.74) is 6.27. The summed E-state index contributed by atoms with van der Waals surface area (Å²) in [7, 11) is 0. The minimum absolute atomic E-state index is 0.0139. The van der Waals surface area contributed by atoms with Gasteiger partial charge in [0.05, 0.1) is 15.7 Å². The van der Waals surface area contributed by atoms with Gasteiger partial charge >= 0.3 is 6.03 Å². The van der Waals surface area contributed by atoms with Gasteiger partial charge < -0.3 is 16.4 Å². The van der Waals surface area contributed by atoms with Gasteiger partial charge in [0.2, 0.25) is 0 Å². The van der Waals surface area contributed by atoms with Crippen LogP contribution in [0, 0.1) is 5.92 Å². The first-order valence-electron chi connectivity index (χ1n) is 6.19. The van der Waals surface area contributed by atoms with E-state index in [1.807, 2.05) is 12.1 Å². The van der Waals surface area contributed by atoms with Crippen molar-refractivity contribution in [3.05, 3.63) is 29.3 Å². The molecule has 0 radical (unpaired) electrons. The van der Waals surface area contributed by atoms with Gasteiger partial charge in [-0.2, -0.15) is 0 Å². The van der Waals surface area contributed by atoms with Crippen LogP contribution in [-0.2, 0) is 0 Å². The summed E-state index contributed by atoms with van der Waals surface area (Å²) in [4.78, 5) is 12.4. The normalized spacial score (nSPS) is 21.9. The van der Waals surface area contributed by atoms with E-state index in [2.05, 4.69) is 10.6 Å². The van der Waals surface area contributed by atoms with Crippen molar-refractivity contribution >= 4 is 40.5 Å². The number of urea groups is 1. The summed E-state index contributed by atoms with van der Waals surface area (Å²) >= 11 is 11.0. The van der Waals surface area contributed by atoms with Gasteiger partial charge in [-0.15, -0.1) is 0 Å². The van der Waals surface area contributed by atoms with Crippen LogP contribution in [0.15, 0.2) is 24.3 Å². The molecule has 1 aliphatic rings. The van der Waals surface area contributed by atoms with E-state index < -0.39 is 0 Å². The number of nitrogens with one attached hydrogen (secondary N) is 2. The number of carbonyl (C=O) groups is 1. The van der Waals surface area contributed by atoms with E-state index in [1.54, 1.807) is 12.1 Å². The van der Waals surface area contributed by atoms with Gasteiger partial charge in [0.25, 0.3) is 0 Å². The molecule has 0 aliphatic heterocycles. The predicted octanol–water partition coefficient (Wildman–Crippen LogP) is 2.92.